The fraction of sp³-hybridized carbons (Fsp3) is 0.188. The molecule has 0 saturated heterocycles. The molecule has 1 N–H and O–H groups in total. The molecule has 0 amide bonds. The average Bonchev–Trinajstić information content (AvgIpc) is 2.42. The Balaban J connectivity index is 1.99. The first-order valence-corrected chi connectivity index (χ1v) is 6.42. The minimum absolute atomic E-state index is 0.0831. The van der Waals surface area contributed by atoms with E-state index in [0.717, 1.165) is 12.1 Å². The Bertz CT molecular complexity index is 650. The van der Waals surface area contributed by atoms with Crippen LogP contribution in [0, 0.1) is 24.4 Å². The van der Waals surface area contributed by atoms with Crippen LogP contribution in [0.2, 0.25) is 0 Å². The maximum atomic E-state index is 13.4. The minimum Gasteiger partial charge on any atom is -0.378 e. The maximum Gasteiger partial charge on any atom is 0.156 e. The Hall–Kier alpha value is -2.30. The molecule has 2 nitrogen and oxygen atoms in total. The molecule has 110 valence electrons. The predicted octanol–water partition coefficient (Wildman–Crippen LogP) is 3.64. The third kappa shape index (κ3) is 3.84. The lowest BCUT2D eigenvalue weighted by atomic mass is 10.1. The van der Waals surface area contributed by atoms with E-state index >= 15 is 0 Å². The van der Waals surface area contributed by atoms with Gasteiger partial charge in [-0.3, -0.25) is 4.79 Å². The van der Waals surface area contributed by atoms with Gasteiger partial charge >= 0.3 is 0 Å². The number of halogens is 3. The van der Waals surface area contributed by atoms with Crippen molar-refractivity contribution in [2.24, 2.45) is 0 Å². The summed E-state index contributed by atoms with van der Waals surface area (Å²) in [4.78, 5) is 11.8. The highest BCUT2D eigenvalue weighted by Gasteiger charge is 2.13. The van der Waals surface area contributed by atoms with Gasteiger partial charge in [0.25, 0.3) is 0 Å². The van der Waals surface area contributed by atoms with Crippen molar-refractivity contribution in [2.75, 3.05) is 11.9 Å². The van der Waals surface area contributed by atoms with Crippen molar-refractivity contribution in [1.82, 2.24) is 0 Å². The van der Waals surface area contributed by atoms with Crippen molar-refractivity contribution < 1.29 is 18.0 Å². The molecule has 0 saturated carbocycles. The zero-order valence-corrected chi connectivity index (χ0v) is 11.4. The monoisotopic (exact) mass is 293 g/mol. The summed E-state index contributed by atoms with van der Waals surface area (Å²) in [5.74, 6) is -2.19. The number of anilines is 1. The Morgan fingerprint density at radius 1 is 1.10 bits per heavy atom. The number of carbonyl (C=O) groups excluding carboxylic acids is 1. The van der Waals surface area contributed by atoms with Crippen LogP contribution in [-0.4, -0.2) is 12.3 Å². The molecular weight excluding hydrogens is 279 g/mol. The summed E-state index contributed by atoms with van der Waals surface area (Å²) in [7, 11) is 0. The fourth-order valence-corrected chi connectivity index (χ4v) is 1.98. The van der Waals surface area contributed by atoms with Crippen LogP contribution in [0.1, 0.15) is 11.1 Å². The first-order valence-electron chi connectivity index (χ1n) is 6.42. The van der Waals surface area contributed by atoms with Crippen LogP contribution in [0.15, 0.2) is 36.4 Å². The van der Waals surface area contributed by atoms with Gasteiger partial charge in [0.05, 0.1) is 6.54 Å². The second kappa shape index (κ2) is 6.43. The topological polar surface area (TPSA) is 29.1 Å². The molecule has 0 aliphatic rings. The highest BCUT2D eigenvalue weighted by Crippen LogP contribution is 2.16. The van der Waals surface area contributed by atoms with Crippen LogP contribution in [0.4, 0.5) is 18.9 Å². The van der Waals surface area contributed by atoms with Gasteiger partial charge in [0.2, 0.25) is 0 Å². The van der Waals surface area contributed by atoms with E-state index in [0.29, 0.717) is 11.3 Å². The molecule has 0 aromatic heterocycles. The summed E-state index contributed by atoms with van der Waals surface area (Å²) >= 11 is 0. The molecule has 0 aliphatic heterocycles. The maximum absolute atomic E-state index is 13.4. The number of benzene rings is 2. The van der Waals surface area contributed by atoms with Gasteiger partial charge in [-0.25, -0.2) is 13.2 Å². The van der Waals surface area contributed by atoms with Crippen molar-refractivity contribution in [3.63, 3.8) is 0 Å². The molecule has 0 heterocycles. The van der Waals surface area contributed by atoms with Crippen molar-refractivity contribution in [3.8, 4) is 0 Å². The molecule has 0 fully saturated rings. The fourth-order valence-electron chi connectivity index (χ4n) is 1.98. The van der Waals surface area contributed by atoms with E-state index in [-0.39, 0.29) is 30.1 Å². The van der Waals surface area contributed by atoms with E-state index in [1.807, 2.05) is 0 Å². The zero-order valence-electron chi connectivity index (χ0n) is 11.4. The number of nitrogens with one attached hydrogen (secondary N) is 1. The Morgan fingerprint density at radius 3 is 2.38 bits per heavy atom. The second-order valence-electron chi connectivity index (χ2n) is 4.73. The van der Waals surface area contributed by atoms with E-state index in [1.54, 1.807) is 6.92 Å². The quantitative estimate of drug-likeness (QED) is 0.912. The number of ketones is 1. The molecule has 21 heavy (non-hydrogen) atoms. The zero-order chi connectivity index (χ0) is 15.4. The molecule has 0 aliphatic carbocycles. The molecule has 2 aromatic carbocycles. The van der Waals surface area contributed by atoms with Crippen LogP contribution < -0.4 is 5.32 Å². The lowest BCUT2D eigenvalue weighted by Crippen LogP contribution is -2.17. The molecule has 0 atom stereocenters. The number of aryl methyl sites for hydroxylation is 1. The number of rotatable bonds is 5. The van der Waals surface area contributed by atoms with Crippen molar-refractivity contribution in [2.45, 2.75) is 13.3 Å². The lowest BCUT2D eigenvalue weighted by molar-refractivity contribution is -0.116. The Morgan fingerprint density at radius 2 is 1.76 bits per heavy atom. The lowest BCUT2D eigenvalue weighted by Gasteiger charge is -2.09. The Kier molecular flexibility index (Phi) is 4.62. The summed E-state index contributed by atoms with van der Waals surface area (Å²) in [6.07, 6.45) is -0.328. The van der Waals surface area contributed by atoms with Crippen LogP contribution in [-0.2, 0) is 11.2 Å². The molecular formula is C16H14F3NO. The number of Topliss-reactive ketones (excluding diaryl/α,β-unsaturated/α-hetero) is 1. The number of carbonyl (C=O) groups is 1. The second-order valence-corrected chi connectivity index (χ2v) is 4.73. The standard InChI is InChI=1S/C16H14F3NO/c1-10-7-11(17)5-6-16(10)20-9-12(21)8-13-14(18)3-2-4-15(13)19/h2-7,20H,8-9H2,1H3. The van der Waals surface area contributed by atoms with Crippen LogP contribution in [0.3, 0.4) is 0 Å². The van der Waals surface area contributed by atoms with Gasteiger partial charge in [0.1, 0.15) is 17.5 Å². The average molecular weight is 293 g/mol. The summed E-state index contributed by atoms with van der Waals surface area (Å²) in [6.45, 7) is 1.62. The van der Waals surface area contributed by atoms with Gasteiger partial charge in [-0.2, -0.15) is 0 Å². The predicted molar refractivity (Wildman–Crippen MR) is 74.7 cm³/mol. The molecule has 2 rings (SSSR count). The summed E-state index contributed by atoms with van der Waals surface area (Å²) < 4.78 is 39.8. The van der Waals surface area contributed by atoms with Gasteiger partial charge in [0, 0.05) is 17.7 Å². The summed E-state index contributed by atoms with van der Waals surface area (Å²) in [5.41, 5.74) is 1.03. The molecule has 0 spiro atoms. The third-order valence-corrected chi connectivity index (χ3v) is 3.10. The smallest absolute Gasteiger partial charge is 0.156 e. The van der Waals surface area contributed by atoms with E-state index in [1.165, 1.54) is 24.3 Å². The van der Waals surface area contributed by atoms with Crippen molar-refractivity contribution in [1.29, 1.82) is 0 Å². The van der Waals surface area contributed by atoms with E-state index in [2.05, 4.69) is 5.32 Å². The van der Waals surface area contributed by atoms with Gasteiger partial charge in [0.15, 0.2) is 5.78 Å². The van der Waals surface area contributed by atoms with Crippen molar-refractivity contribution in [3.05, 3.63) is 65.0 Å². The molecule has 2 aromatic rings. The third-order valence-electron chi connectivity index (χ3n) is 3.10. The first-order chi connectivity index (χ1) is 9.97. The first kappa shape index (κ1) is 15.1. The highest BCUT2D eigenvalue weighted by atomic mass is 19.1. The molecule has 0 unspecified atom stereocenters. The normalized spacial score (nSPS) is 10.5. The van der Waals surface area contributed by atoms with Crippen LogP contribution in [0.5, 0.6) is 0 Å². The number of hydrogen-bond donors (Lipinski definition) is 1. The molecule has 0 radical (unpaired) electrons. The van der Waals surface area contributed by atoms with Gasteiger partial charge in [-0.15, -0.1) is 0 Å². The minimum atomic E-state index is -0.735. The highest BCUT2D eigenvalue weighted by molar-refractivity contribution is 5.85. The molecule has 0 bridgehead atoms. The summed E-state index contributed by atoms with van der Waals surface area (Å²) in [6, 6.07) is 7.60. The van der Waals surface area contributed by atoms with E-state index < -0.39 is 11.6 Å². The van der Waals surface area contributed by atoms with Crippen LogP contribution in [0.25, 0.3) is 0 Å². The summed E-state index contributed by atoms with van der Waals surface area (Å²) in [5, 5.41) is 2.84. The Labute approximate surface area is 120 Å². The van der Waals surface area contributed by atoms with Crippen molar-refractivity contribution >= 4 is 11.5 Å². The van der Waals surface area contributed by atoms with Crippen LogP contribution >= 0.6 is 0 Å². The molecule has 5 heteroatoms. The van der Waals surface area contributed by atoms with Gasteiger partial charge < -0.3 is 5.32 Å². The van der Waals surface area contributed by atoms with E-state index in [4.69, 9.17) is 0 Å². The van der Waals surface area contributed by atoms with Gasteiger partial charge in [-0.1, -0.05) is 6.07 Å². The largest absolute Gasteiger partial charge is 0.378 e. The van der Waals surface area contributed by atoms with Gasteiger partial charge in [-0.05, 0) is 42.8 Å². The van der Waals surface area contributed by atoms with E-state index in [9.17, 15) is 18.0 Å². The SMILES string of the molecule is Cc1cc(F)ccc1NCC(=O)Cc1c(F)cccc1F. The number of hydrogen-bond acceptors (Lipinski definition) is 2.